The van der Waals surface area contributed by atoms with Crippen LogP contribution in [-0.4, -0.2) is 31.1 Å². The van der Waals surface area contributed by atoms with E-state index in [9.17, 15) is 0 Å². The Morgan fingerprint density at radius 1 is 1.45 bits per heavy atom. The molecule has 3 heteroatoms. The van der Waals surface area contributed by atoms with Crippen LogP contribution in [-0.2, 0) is 6.54 Å². The Bertz CT molecular complexity index is 386. The van der Waals surface area contributed by atoms with Crippen molar-refractivity contribution in [2.45, 2.75) is 52.6 Å². The Labute approximate surface area is 128 Å². The van der Waals surface area contributed by atoms with Gasteiger partial charge in [-0.1, -0.05) is 33.3 Å². The molecule has 2 atom stereocenters. The summed E-state index contributed by atoms with van der Waals surface area (Å²) in [6, 6.07) is 5.07. The van der Waals surface area contributed by atoms with E-state index in [1.165, 1.54) is 30.7 Å². The molecule has 0 spiro atoms. The highest BCUT2D eigenvalue weighted by atomic mass is 32.1. The highest BCUT2D eigenvalue weighted by molar-refractivity contribution is 7.09. The molecule has 0 aliphatic heterocycles. The number of hydrogen-bond acceptors (Lipinski definition) is 3. The molecular weight excluding hydrogens is 264 g/mol. The maximum absolute atomic E-state index is 3.61. The van der Waals surface area contributed by atoms with Gasteiger partial charge in [-0.2, -0.15) is 0 Å². The minimum atomic E-state index is 0.431. The van der Waals surface area contributed by atoms with Crippen LogP contribution < -0.4 is 5.32 Å². The van der Waals surface area contributed by atoms with E-state index in [0.717, 1.165) is 19.0 Å². The van der Waals surface area contributed by atoms with E-state index in [2.05, 4.69) is 55.5 Å². The van der Waals surface area contributed by atoms with Crippen LogP contribution in [0.2, 0.25) is 0 Å². The number of hydrogen-bond donors (Lipinski definition) is 1. The molecule has 0 aromatic carbocycles. The molecule has 1 N–H and O–H groups in total. The van der Waals surface area contributed by atoms with E-state index in [0.29, 0.717) is 11.5 Å². The lowest BCUT2D eigenvalue weighted by molar-refractivity contribution is 0.0831. The summed E-state index contributed by atoms with van der Waals surface area (Å²) in [6.07, 6.45) is 4.11. The van der Waals surface area contributed by atoms with Gasteiger partial charge in [0.2, 0.25) is 0 Å². The molecule has 0 saturated heterocycles. The third-order valence-electron chi connectivity index (χ3n) is 4.92. The summed E-state index contributed by atoms with van der Waals surface area (Å²) < 4.78 is 0. The van der Waals surface area contributed by atoms with Gasteiger partial charge in [0.15, 0.2) is 0 Å². The molecule has 0 radical (unpaired) electrons. The third kappa shape index (κ3) is 3.84. The molecule has 2 nitrogen and oxygen atoms in total. The van der Waals surface area contributed by atoms with Crippen LogP contribution >= 0.6 is 11.3 Å². The van der Waals surface area contributed by atoms with Gasteiger partial charge in [-0.15, -0.1) is 11.3 Å². The molecule has 1 aromatic heterocycles. The van der Waals surface area contributed by atoms with Crippen molar-refractivity contribution in [1.82, 2.24) is 10.2 Å². The number of thiophene rings is 1. The van der Waals surface area contributed by atoms with Crippen LogP contribution in [0.5, 0.6) is 0 Å². The summed E-state index contributed by atoms with van der Waals surface area (Å²) in [6.45, 7) is 10.6. The molecule has 1 aromatic rings. The number of rotatable bonds is 6. The second-order valence-electron chi connectivity index (χ2n) is 6.81. The normalized spacial score (nSPS) is 26.1. The Hall–Kier alpha value is -0.380. The van der Waals surface area contributed by atoms with E-state index >= 15 is 0 Å². The van der Waals surface area contributed by atoms with Crippen LogP contribution in [0.15, 0.2) is 17.5 Å². The Balaban J connectivity index is 1.98. The van der Waals surface area contributed by atoms with Gasteiger partial charge in [-0.05, 0) is 49.2 Å². The van der Waals surface area contributed by atoms with Crippen LogP contribution in [0.4, 0.5) is 0 Å². The maximum Gasteiger partial charge on any atom is 0.0327 e. The van der Waals surface area contributed by atoms with Gasteiger partial charge in [0, 0.05) is 24.0 Å². The molecular formula is C17H30N2S. The molecule has 1 fully saturated rings. The minimum Gasteiger partial charge on any atom is -0.316 e. The number of nitrogens with one attached hydrogen (secondary N) is 1. The van der Waals surface area contributed by atoms with Gasteiger partial charge < -0.3 is 5.32 Å². The van der Waals surface area contributed by atoms with E-state index in [4.69, 9.17) is 0 Å². The molecule has 0 bridgehead atoms. The molecule has 1 aliphatic rings. The molecule has 1 heterocycles. The van der Waals surface area contributed by atoms with Crippen molar-refractivity contribution in [2.24, 2.45) is 11.3 Å². The molecule has 2 unspecified atom stereocenters. The van der Waals surface area contributed by atoms with Crippen molar-refractivity contribution in [2.75, 3.05) is 20.1 Å². The molecule has 114 valence electrons. The monoisotopic (exact) mass is 294 g/mol. The van der Waals surface area contributed by atoms with E-state index in [1.807, 2.05) is 11.3 Å². The van der Waals surface area contributed by atoms with Crippen LogP contribution in [0.1, 0.15) is 44.9 Å². The maximum atomic E-state index is 3.61. The van der Waals surface area contributed by atoms with Crippen molar-refractivity contribution in [1.29, 1.82) is 0 Å². The Morgan fingerprint density at radius 3 is 2.85 bits per heavy atom. The van der Waals surface area contributed by atoms with E-state index < -0.39 is 0 Å². The van der Waals surface area contributed by atoms with Gasteiger partial charge >= 0.3 is 0 Å². The summed E-state index contributed by atoms with van der Waals surface area (Å²) in [5.74, 6) is 0.781. The highest BCUT2D eigenvalue weighted by Crippen LogP contribution is 2.39. The summed E-state index contributed by atoms with van der Waals surface area (Å²) in [5.41, 5.74) is 0.431. The van der Waals surface area contributed by atoms with Crippen molar-refractivity contribution in [3.05, 3.63) is 22.4 Å². The first kappa shape index (κ1) is 16.0. The van der Waals surface area contributed by atoms with Crippen molar-refractivity contribution >= 4 is 11.3 Å². The molecule has 20 heavy (non-hydrogen) atoms. The van der Waals surface area contributed by atoms with Crippen molar-refractivity contribution in [3.8, 4) is 0 Å². The van der Waals surface area contributed by atoms with Crippen LogP contribution in [0.25, 0.3) is 0 Å². The van der Waals surface area contributed by atoms with Gasteiger partial charge in [0.1, 0.15) is 0 Å². The zero-order valence-corrected chi connectivity index (χ0v) is 14.3. The van der Waals surface area contributed by atoms with Gasteiger partial charge in [0.05, 0.1) is 0 Å². The third-order valence-corrected chi connectivity index (χ3v) is 5.78. The fourth-order valence-electron chi connectivity index (χ4n) is 3.86. The van der Waals surface area contributed by atoms with Crippen molar-refractivity contribution < 1.29 is 0 Å². The van der Waals surface area contributed by atoms with Gasteiger partial charge in [0.25, 0.3) is 0 Å². The first-order chi connectivity index (χ1) is 9.56. The lowest BCUT2D eigenvalue weighted by atomic mass is 9.68. The smallest absolute Gasteiger partial charge is 0.0327 e. The second kappa shape index (κ2) is 7.06. The van der Waals surface area contributed by atoms with Gasteiger partial charge in [-0.25, -0.2) is 0 Å². The van der Waals surface area contributed by atoms with E-state index in [-0.39, 0.29) is 0 Å². The SMILES string of the molecule is CCN(Cc1cccs1)CC1CCCC(C)(C)C1NC. The molecule has 1 aliphatic carbocycles. The van der Waals surface area contributed by atoms with Crippen LogP contribution in [0.3, 0.4) is 0 Å². The second-order valence-corrected chi connectivity index (χ2v) is 7.85. The predicted molar refractivity (Wildman–Crippen MR) is 89.2 cm³/mol. The Morgan fingerprint density at radius 2 is 2.25 bits per heavy atom. The standard InChI is InChI=1S/C17H30N2S/c1-5-19(13-15-9-7-11-20-15)12-14-8-6-10-17(2,3)16(14)18-4/h7,9,11,14,16,18H,5-6,8,10,12-13H2,1-4H3. The zero-order valence-electron chi connectivity index (χ0n) is 13.5. The quantitative estimate of drug-likeness (QED) is 0.853. The summed E-state index contributed by atoms with van der Waals surface area (Å²) >= 11 is 1.88. The number of nitrogens with zero attached hydrogens (tertiary/aromatic N) is 1. The lowest BCUT2D eigenvalue weighted by Crippen LogP contribution is -2.51. The summed E-state index contributed by atoms with van der Waals surface area (Å²) in [4.78, 5) is 4.10. The summed E-state index contributed by atoms with van der Waals surface area (Å²) in [7, 11) is 2.14. The Kier molecular flexibility index (Phi) is 5.65. The topological polar surface area (TPSA) is 15.3 Å². The average Bonchev–Trinajstić information content (AvgIpc) is 2.90. The highest BCUT2D eigenvalue weighted by Gasteiger charge is 2.38. The molecule has 2 rings (SSSR count). The largest absolute Gasteiger partial charge is 0.316 e. The van der Waals surface area contributed by atoms with Gasteiger partial charge in [-0.3, -0.25) is 4.90 Å². The average molecular weight is 295 g/mol. The first-order valence-corrected chi connectivity index (χ1v) is 8.86. The van der Waals surface area contributed by atoms with Crippen molar-refractivity contribution in [3.63, 3.8) is 0 Å². The van der Waals surface area contributed by atoms with E-state index in [1.54, 1.807) is 0 Å². The fraction of sp³-hybridized carbons (Fsp3) is 0.765. The minimum absolute atomic E-state index is 0.431. The molecule has 1 saturated carbocycles. The zero-order chi connectivity index (χ0) is 14.6. The fourth-order valence-corrected chi connectivity index (χ4v) is 4.61. The first-order valence-electron chi connectivity index (χ1n) is 7.99. The predicted octanol–water partition coefficient (Wildman–Crippen LogP) is 3.98. The lowest BCUT2D eigenvalue weighted by Gasteiger charge is -2.45. The van der Waals surface area contributed by atoms with Crippen LogP contribution in [0, 0.1) is 11.3 Å². The molecule has 0 amide bonds. The summed E-state index contributed by atoms with van der Waals surface area (Å²) in [5, 5.41) is 5.79.